The Labute approximate surface area is 127 Å². The van der Waals surface area contributed by atoms with Gasteiger partial charge in [-0.15, -0.1) is 13.2 Å². The normalized spacial score (nSPS) is 22.5. The van der Waals surface area contributed by atoms with Crippen LogP contribution in [0.5, 0.6) is 5.75 Å². The molecule has 1 aliphatic carbocycles. The van der Waals surface area contributed by atoms with Crippen LogP contribution in [0.3, 0.4) is 0 Å². The fourth-order valence-corrected chi connectivity index (χ4v) is 3.86. The second-order valence-corrected chi connectivity index (χ2v) is 6.62. The summed E-state index contributed by atoms with van der Waals surface area (Å²) in [6.45, 7) is 2.84. The lowest BCUT2D eigenvalue weighted by Gasteiger charge is -2.20. The van der Waals surface area contributed by atoms with E-state index in [9.17, 15) is 13.2 Å². The first-order valence-corrected chi connectivity index (χ1v) is 8.22. The van der Waals surface area contributed by atoms with Crippen molar-refractivity contribution < 1.29 is 17.9 Å². The quantitative estimate of drug-likeness (QED) is 0.842. The van der Waals surface area contributed by atoms with Crippen LogP contribution >= 0.6 is 11.8 Å². The Morgan fingerprint density at radius 3 is 2.57 bits per heavy atom. The van der Waals surface area contributed by atoms with E-state index >= 15 is 0 Å². The van der Waals surface area contributed by atoms with Gasteiger partial charge in [-0.2, -0.15) is 11.8 Å². The fourth-order valence-electron chi connectivity index (χ4n) is 2.63. The molecule has 1 aliphatic rings. The molecule has 0 amide bonds. The number of ether oxygens (including phenoxy) is 1. The first kappa shape index (κ1) is 16.5. The van der Waals surface area contributed by atoms with E-state index in [1.165, 1.54) is 31.4 Å². The van der Waals surface area contributed by atoms with Crippen LogP contribution in [0.25, 0.3) is 0 Å². The molecule has 6 heteroatoms. The molecule has 0 aromatic heterocycles. The average Bonchev–Trinajstić information content (AvgIpc) is 2.84. The number of alkyl halides is 3. The molecular weight excluding hydrogens is 299 g/mol. The summed E-state index contributed by atoms with van der Waals surface area (Å²) in [7, 11) is 0. The Kier molecular flexibility index (Phi) is 5.81. The molecule has 1 N–H and O–H groups in total. The highest BCUT2D eigenvalue weighted by molar-refractivity contribution is 7.99. The molecule has 118 valence electrons. The topological polar surface area (TPSA) is 21.3 Å². The number of thioether (sulfide) groups is 1. The van der Waals surface area contributed by atoms with Crippen LogP contribution in [0.4, 0.5) is 13.2 Å². The van der Waals surface area contributed by atoms with E-state index in [0.29, 0.717) is 17.8 Å². The van der Waals surface area contributed by atoms with Gasteiger partial charge < -0.3 is 10.1 Å². The van der Waals surface area contributed by atoms with Gasteiger partial charge >= 0.3 is 6.36 Å². The van der Waals surface area contributed by atoms with Gasteiger partial charge in [-0.3, -0.25) is 0 Å². The molecule has 2 rings (SSSR count). The van der Waals surface area contributed by atoms with Gasteiger partial charge in [0.15, 0.2) is 0 Å². The van der Waals surface area contributed by atoms with E-state index in [1.807, 2.05) is 11.8 Å². The molecule has 1 fully saturated rings. The van der Waals surface area contributed by atoms with Crippen LogP contribution in [0.1, 0.15) is 31.7 Å². The first-order chi connectivity index (χ1) is 9.98. The molecular formula is C15H20F3NOS. The monoisotopic (exact) mass is 319 g/mol. The largest absolute Gasteiger partial charge is 0.573 e. The van der Waals surface area contributed by atoms with Crippen molar-refractivity contribution >= 4 is 11.8 Å². The number of halogens is 3. The first-order valence-electron chi connectivity index (χ1n) is 7.17. The van der Waals surface area contributed by atoms with E-state index in [2.05, 4.69) is 17.0 Å². The highest BCUT2D eigenvalue weighted by atomic mass is 32.2. The van der Waals surface area contributed by atoms with E-state index in [0.717, 1.165) is 11.3 Å². The molecule has 2 atom stereocenters. The maximum atomic E-state index is 12.1. The Balaban J connectivity index is 1.83. The minimum Gasteiger partial charge on any atom is -0.406 e. The molecule has 21 heavy (non-hydrogen) atoms. The Hall–Kier alpha value is -0.880. The lowest BCUT2D eigenvalue weighted by molar-refractivity contribution is -0.274. The Bertz CT molecular complexity index is 436. The summed E-state index contributed by atoms with van der Waals surface area (Å²) in [6, 6.07) is 6.56. The van der Waals surface area contributed by atoms with Crippen LogP contribution < -0.4 is 10.1 Å². The van der Waals surface area contributed by atoms with Crippen molar-refractivity contribution in [3.05, 3.63) is 29.8 Å². The standard InChI is InChI=1S/C15H20F3NOS/c1-2-21-14-5-3-4-13(14)19-10-11-6-8-12(9-7-11)20-15(16,17)18/h6-9,13-14,19H,2-5,10H2,1H3. The molecule has 0 radical (unpaired) electrons. The smallest absolute Gasteiger partial charge is 0.406 e. The van der Waals surface area contributed by atoms with Gasteiger partial charge in [0, 0.05) is 17.8 Å². The number of rotatable bonds is 6. The van der Waals surface area contributed by atoms with E-state index in [-0.39, 0.29) is 5.75 Å². The Morgan fingerprint density at radius 2 is 1.95 bits per heavy atom. The minimum atomic E-state index is -4.63. The van der Waals surface area contributed by atoms with Crippen LogP contribution in [0.15, 0.2) is 24.3 Å². The molecule has 2 nitrogen and oxygen atoms in total. The number of hydrogen-bond acceptors (Lipinski definition) is 3. The van der Waals surface area contributed by atoms with Crippen LogP contribution in [-0.2, 0) is 6.54 Å². The lowest BCUT2D eigenvalue weighted by atomic mass is 10.2. The minimum absolute atomic E-state index is 0.175. The highest BCUT2D eigenvalue weighted by Gasteiger charge is 2.31. The molecule has 2 unspecified atom stereocenters. The average molecular weight is 319 g/mol. The van der Waals surface area contributed by atoms with Crippen molar-refractivity contribution in [3.63, 3.8) is 0 Å². The molecule has 1 saturated carbocycles. The maximum Gasteiger partial charge on any atom is 0.573 e. The van der Waals surface area contributed by atoms with Gasteiger partial charge in [0.2, 0.25) is 0 Å². The number of hydrogen-bond donors (Lipinski definition) is 1. The zero-order chi connectivity index (χ0) is 15.3. The predicted octanol–water partition coefficient (Wildman–Crippen LogP) is 4.35. The van der Waals surface area contributed by atoms with Crippen LogP contribution in [0, 0.1) is 0 Å². The highest BCUT2D eigenvalue weighted by Crippen LogP contribution is 2.30. The van der Waals surface area contributed by atoms with Crippen molar-refractivity contribution in [2.75, 3.05) is 5.75 Å². The third-order valence-electron chi connectivity index (χ3n) is 3.56. The maximum absolute atomic E-state index is 12.1. The van der Waals surface area contributed by atoms with Crippen molar-refractivity contribution in [1.29, 1.82) is 0 Å². The summed E-state index contributed by atoms with van der Waals surface area (Å²) in [6.07, 6.45) is -0.969. The molecule has 0 bridgehead atoms. The van der Waals surface area contributed by atoms with Crippen molar-refractivity contribution in [2.45, 2.75) is 50.4 Å². The summed E-state index contributed by atoms with van der Waals surface area (Å²) in [5.41, 5.74) is 0.969. The van der Waals surface area contributed by atoms with Gasteiger partial charge in [-0.25, -0.2) is 0 Å². The number of nitrogens with one attached hydrogen (secondary N) is 1. The fraction of sp³-hybridized carbons (Fsp3) is 0.600. The molecule has 0 saturated heterocycles. The van der Waals surface area contributed by atoms with Gasteiger partial charge in [0.25, 0.3) is 0 Å². The van der Waals surface area contributed by atoms with Crippen LogP contribution in [-0.4, -0.2) is 23.4 Å². The van der Waals surface area contributed by atoms with Gasteiger partial charge in [0.05, 0.1) is 0 Å². The van der Waals surface area contributed by atoms with Gasteiger partial charge in [-0.1, -0.05) is 25.5 Å². The number of benzene rings is 1. The molecule has 0 aliphatic heterocycles. The lowest BCUT2D eigenvalue weighted by Crippen LogP contribution is -2.33. The molecule has 0 spiro atoms. The Morgan fingerprint density at radius 1 is 1.24 bits per heavy atom. The zero-order valence-corrected chi connectivity index (χ0v) is 12.8. The van der Waals surface area contributed by atoms with Crippen molar-refractivity contribution in [1.82, 2.24) is 5.32 Å². The SMILES string of the molecule is CCSC1CCCC1NCc1ccc(OC(F)(F)F)cc1. The van der Waals surface area contributed by atoms with E-state index in [1.54, 1.807) is 12.1 Å². The van der Waals surface area contributed by atoms with Gasteiger partial charge in [0.1, 0.15) is 5.75 Å². The molecule has 1 aromatic rings. The summed E-state index contributed by atoms with van der Waals surface area (Å²) in [5, 5.41) is 4.17. The molecule has 0 heterocycles. The molecule has 1 aromatic carbocycles. The van der Waals surface area contributed by atoms with Gasteiger partial charge in [-0.05, 0) is 36.3 Å². The second kappa shape index (κ2) is 7.40. The summed E-state index contributed by atoms with van der Waals surface area (Å²) in [5.74, 6) is 0.943. The second-order valence-electron chi connectivity index (χ2n) is 5.10. The summed E-state index contributed by atoms with van der Waals surface area (Å²) >= 11 is 1.98. The summed E-state index contributed by atoms with van der Waals surface area (Å²) in [4.78, 5) is 0. The van der Waals surface area contributed by atoms with Crippen molar-refractivity contribution in [2.24, 2.45) is 0 Å². The van der Waals surface area contributed by atoms with Crippen molar-refractivity contribution in [3.8, 4) is 5.75 Å². The third kappa shape index (κ3) is 5.43. The summed E-state index contributed by atoms with van der Waals surface area (Å²) < 4.78 is 40.1. The van der Waals surface area contributed by atoms with Crippen LogP contribution in [0.2, 0.25) is 0 Å². The third-order valence-corrected chi connectivity index (χ3v) is 4.88. The predicted molar refractivity (Wildman–Crippen MR) is 79.5 cm³/mol. The zero-order valence-electron chi connectivity index (χ0n) is 12.0. The van der Waals surface area contributed by atoms with E-state index < -0.39 is 6.36 Å². The van der Waals surface area contributed by atoms with E-state index in [4.69, 9.17) is 0 Å².